The van der Waals surface area contributed by atoms with Crippen LogP contribution in [0.3, 0.4) is 0 Å². The Labute approximate surface area is 111 Å². The van der Waals surface area contributed by atoms with Gasteiger partial charge in [0.2, 0.25) is 5.91 Å². The van der Waals surface area contributed by atoms with Gasteiger partial charge < -0.3 is 10.6 Å². The van der Waals surface area contributed by atoms with E-state index >= 15 is 0 Å². The molecule has 0 aromatic heterocycles. The Bertz CT molecular complexity index is 362. The smallest absolute Gasteiger partial charge is 0.224 e. The predicted molar refractivity (Wildman–Crippen MR) is 73.5 cm³/mol. The molecule has 0 aliphatic rings. The van der Waals surface area contributed by atoms with Crippen molar-refractivity contribution in [3.8, 4) is 0 Å². The van der Waals surface area contributed by atoms with Crippen LogP contribution < -0.4 is 5.73 Å². The highest BCUT2D eigenvalue weighted by molar-refractivity contribution is 9.10. The van der Waals surface area contributed by atoms with Gasteiger partial charge in [0.25, 0.3) is 0 Å². The highest BCUT2D eigenvalue weighted by Crippen LogP contribution is 2.14. The van der Waals surface area contributed by atoms with Gasteiger partial charge in [-0.05, 0) is 31.5 Å². The lowest BCUT2D eigenvalue weighted by atomic mass is 10.1. The van der Waals surface area contributed by atoms with E-state index in [4.69, 9.17) is 5.73 Å². The summed E-state index contributed by atoms with van der Waals surface area (Å²) in [6, 6.07) is 8.21. The molecule has 1 rings (SSSR count). The predicted octanol–water partition coefficient (Wildman–Crippen LogP) is 2.53. The molecule has 0 fully saturated rings. The fraction of sp³-hybridized carbons (Fsp3) is 0.462. The largest absolute Gasteiger partial charge is 0.336 e. The van der Waals surface area contributed by atoms with Crippen LogP contribution in [0.1, 0.15) is 25.8 Å². The molecule has 0 bridgehead atoms. The molecule has 0 heterocycles. The van der Waals surface area contributed by atoms with Gasteiger partial charge in [-0.1, -0.05) is 28.1 Å². The molecule has 17 heavy (non-hydrogen) atoms. The van der Waals surface area contributed by atoms with Gasteiger partial charge in [0.05, 0.1) is 0 Å². The Morgan fingerprint density at radius 1 is 1.35 bits per heavy atom. The number of carbonyl (C=O) groups excluding carboxylic acids is 1. The van der Waals surface area contributed by atoms with Crippen molar-refractivity contribution in [3.05, 3.63) is 34.3 Å². The van der Waals surface area contributed by atoms with Crippen molar-refractivity contribution in [2.24, 2.45) is 5.73 Å². The molecular weight excluding hydrogens is 280 g/mol. The van der Waals surface area contributed by atoms with Crippen molar-refractivity contribution in [2.45, 2.75) is 32.9 Å². The molecule has 94 valence electrons. The number of nitrogens with two attached hydrogens (primary N) is 1. The van der Waals surface area contributed by atoms with Gasteiger partial charge in [-0.3, -0.25) is 4.79 Å². The highest BCUT2D eigenvalue weighted by atomic mass is 79.9. The van der Waals surface area contributed by atoms with Crippen molar-refractivity contribution < 1.29 is 4.79 Å². The average Bonchev–Trinajstić information content (AvgIpc) is 2.28. The van der Waals surface area contributed by atoms with E-state index in [0.29, 0.717) is 19.5 Å². The van der Waals surface area contributed by atoms with E-state index in [0.717, 1.165) is 10.0 Å². The Hall–Kier alpha value is -0.870. The van der Waals surface area contributed by atoms with E-state index in [1.807, 2.05) is 43.0 Å². The molecular formula is C13H19BrN2O. The zero-order valence-corrected chi connectivity index (χ0v) is 11.9. The lowest BCUT2D eigenvalue weighted by molar-refractivity contribution is -0.133. The molecule has 4 heteroatoms. The number of benzene rings is 1. The lowest BCUT2D eigenvalue weighted by Gasteiger charge is -2.27. The van der Waals surface area contributed by atoms with Gasteiger partial charge in [-0.2, -0.15) is 0 Å². The van der Waals surface area contributed by atoms with Crippen LogP contribution in [-0.2, 0) is 11.3 Å². The number of nitrogens with zero attached hydrogens (tertiary/aromatic N) is 1. The first-order valence-corrected chi connectivity index (χ1v) is 6.58. The van der Waals surface area contributed by atoms with Crippen molar-refractivity contribution in [3.63, 3.8) is 0 Å². The van der Waals surface area contributed by atoms with E-state index in [2.05, 4.69) is 15.9 Å². The second-order valence-electron chi connectivity index (χ2n) is 4.28. The van der Waals surface area contributed by atoms with Crippen LogP contribution in [0, 0.1) is 0 Å². The quantitative estimate of drug-likeness (QED) is 0.908. The molecule has 0 spiro atoms. The first-order valence-electron chi connectivity index (χ1n) is 5.78. The number of rotatable bonds is 5. The van der Waals surface area contributed by atoms with Gasteiger partial charge in [-0.15, -0.1) is 0 Å². The summed E-state index contributed by atoms with van der Waals surface area (Å²) in [5.41, 5.74) is 6.56. The first-order chi connectivity index (χ1) is 8.04. The minimum atomic E-state index is 0.116. The summed E-state index contributed by atoms with van der Waals surface area (Å²) in [5, 5.41) is 0. The number of hydrogen-bond acceptors (Lipinski definition) is 2. The first kappa shape index (κ1) is 14.2. The molecule has 0 radical (unpaired) electrons. The molecule has 0 unspecified atom stereocenters. The monoisotopic (exact) mass is 298 g/mol. The Morgan fingerprint density at radius 3 is 2.41 bits per heavy atom. The number of hydrogen-bond donors (Lipinski definition) is 1. The molecule has 2 N–H and O–H groups in total. The van der Waals surface area contributed by atoms with Crippen LogP contribution in [0.5, 0.6) is 0 Å². The summed E-state index contributed by atoms with van der Waals surface area (Å²) in [6.07, 6.45) is 0.411. The molecule has 0 saturated heterocycles. The summed E-state index contributed by atoms with van der Waals surface area (Å²) in [6.45, 7) is 5.09. The number of carbonyl (C=O) groups is 1. The summed E-state index contributed by atoms with van der Waals surface area (Å²) in [5.74, 6) is 0.116. The minimum absolute atomic E-state index is 0.116. The normalized spacial score (nSPS) is 10.6. The van der Waals surface area contributed by atoms with Crippen LogP contribution in [0.25, 0.3) is 0 Å². The Morgan fingerprint density at radius 2 is 1.94 bits per heavy atom. The SMILES string of the molecule is CC(C)N(Cc1ccc(Br)cc1)C(=O)CCN. The second-order valence-corrected chi connectivity index (χ2v) is 5.20. The van der Waals surface area contributed by atoms with Crippen molar-refractivity contribution in [1.29, 1.82) is 0 Å². The minimum Gasteiger partial charge on any atom is -0.336 e. The van der Waals surface area contributed by atoms with E-state index in [1.165, 1.54) is 0 Å². The van der Waals surface area contributed by atoms with Gasteiger partial charge in [0.1, 0.15) is 0 Å². The van der Waals surface area contributed by atoms with Crippen molar-refractivity contribution in [1.82, 2.24) is 4.90 Å². The molecule has 3 nitrogen and oxygen atoms in total. The molecule has 0 aliphatic carbocycles. The topological polar surface area (TPSA) is 46.3 Å². The highest BCUT2D eigenvalue weighted by Gasteiger charge is 2.16. The molecule has 0 atom stereocenters. The third kappa shape index (κ3) is 4.48. The van der Waals surface area contributed by atoms with Gasteiger partial charge in [0.15, 0.2) is 0 Å². The molecule has 1 aromatic carbocycles. The summed E-state index contributed by atoms with van der Waals surface area (Å²) in [7, 11) is 0. The molecule has 0 saturated carbocycles. The van der Waals surface area contributed by atoms with E-state index in [9.17, 15) is 4.79 Å². The summed E-state index contributed by atoms with van der Waals surface area (Å²) >= 11 is 3.40. The van der Waals surface area contributed by atoms with E-state index < -0.39 is 0 Å². The summed E-state index contributed by atoms with van der Waals surface area (Å²) < 4.78 is 1.05. The average molecular weight is 299 g/mol. The summed E-state index contributed by atoms with van der Waals surface area (Å²) in [4.78, 5) is 13.7. The lowest BCUT2D eigenvalue weighted by Crippen LogP contribution is -2.37. The maximum atomic E-state index is 11.9. The number of halogens is 1. The van der Waals surface area contributed by atoms with E-state index in [-0.39, 0.29) is 11.9 Å². The third-order valence-electron chi connectivity index (χ3n) is 2.57. The maximum absolute atomic E-state index is 11.9. The fourth-order valence-electron chi connectivity index (χ4n) is 1.61. The molecule has 0 aliphatic heterocycles. The maximum Gasteiger partial charge on any atom is 0.224 e. The van der Waals surface area contributed by atoms with Crippen molar-refractivity contribution in [2.75, 3.05) is 6.54 Å². The zero-order chi connectivity index (χ0) is 12.8. The second kappa shape index (κ2) is 6.77. The van der Waals surface area contributed by atoms with Crippen LogP contribution in [0.2, 0.25) is 0 Å². The molecule has 1 aromatic rings. The molecule has 1 amide bonds. The van der Waals surface area contributed by atoms with Crippen molar-refractivity contribution >= 4 is 21.8 Å². The van der Waals surface area contributed by atoms with Gasteiger partial charge in [0, 0.05) is 30.0 Å². The van der Waals surface area contributed by atoms with Crippen LogP contribution >= 0.6 is 15.9 Å². The Balaban J connectivity index is 2.73. The van der Waals surface area contributed by atoms with Gasteiger partial charge in [-0.25, -0.2) is 0 Å². The zero-order valence-electron chi connectivity index (χ0n) is 10.3. The van der Waals surface area contributed by atoms with Crippen LogP contribution in [0.4, 0.5) is 0 Å². The Kier molecular flexibility index (Phi) is 5.65. The van der Waals surface area contributed by atoms with E-state index in [1.54, 1.807) is 0 Å². The third-order valence-corrected chi connectivity index (χ3v) is 3.10. The van der Waals surface area contributed by atoms with Gasteiger partial charge >= 0.3 is 0 Å². The fourth-order valence-corrected chi connectivity index (χ4v) is 1.88. The van der Waals surface area contributed by atoms with Crippen LogP contribution in [0.15, 0.2) is 28.7 Å². The number of amides is 1. The standard InChI is InChI=1S/C13H19BrN2O/c1-10(2)16(13(17)7-8-15)9-11-3-5-12(14)6-4-11/h3-6,10H,7-9,15H2,1-2H3. The van der Waals surface area contributed by atoms with Crippen LogP contribution in [-0.4, -0.2) is 23.4 Å².